The summed E-state index contributed by atoms with van der Waals surface area (Å²) in [6.07, 6.45) is 7.49. The number of aromatic nitrogens is 1. The molecule has 2 N–H and O–H groups in total. The smallest absolute Gasteiger partial charge is 0.174 e. The summed E-state index contributed by atoms with van der Waals surface area (Å²) in [6, 6.07) is 20.0. The normalized spacial score (nSPS) is 11.5. The fraction of sp³-hybridized carbons (Fsp3) is 0. The molecule has 0 amide bonds. The molecule has 3 rings (SSSR count). The fourth-order valence-electron chi connectivity index (χ4n) is 2.52. The molecular weight excluding hydrogens is 465 g/mol. The van der Waals surface area contributed by atoms with Crippen LogP contribution in [0.4, 0.5) is 5.69 Å². The highest BCUT2D eigenvalue weighted by atomic mass is 127. The molecule has 0 aliphatic heterocycles. The Morgan fingerprint density at radius 3 is 2.59 bits per heavy atom. The first-order valence-corrected chi connectivity index (χ1v) is 9.82. The minimum absolute atomic E-state index is 0.537. The number of pyridine rings is 1. The molecular formula is C22H18IN3S. The van der Waals surface area contributed by atoms with Crippen LogP contribution < -0.4 is 10.6 Å². The summed E-state index contributed by atoms with van der Waals surface area (Å²) in [5.41, 5.74) is 2.74. The molecule has 134 valence electrons. The van der Waals surface area contributed by atoms with Gasteiger partial charge in [-0.25, -0.2) is 0 Å². The van der Waals surface area contributed by atoms with Gasteiger partial charge in [0, 0.05) is 32.6 Å². The topological polar surface area (TPSA) is 37.0 Å². The van der Waals surface area contributed by atoms with Crippen molar-refractivity contribution in [1.82, 2.24) is 10.3 Å². The first-order valence-electron chi connectivity index (χ1n) is 8.33. The maximum atomic E-state index is 5.27. The largest absolute Gasteiger partial charge is 0.339 e. The summed E-state index contributed by atoms with van der Waals surface area (Å²) in [4.78, 5) is 4.52. The van der Waals surface area contributed by atoms with Gasteiger partial charge in [0.15, 0.2) is 5.11 Å². The molecule has 0 atom stereocenters. The van der Waals surface area contributed by atoms with Crippen molar-refractivity contribution in [2.45, 2.75) is 0 Å². The number of fused-ring (bicyclic) bond motifs is 1. The summed E-state index contributed by atoms with van der Waals surface area (Å²) in [7, 11) is 0. The number of anilines is 1. The van der Waals surface area contributed by atoms with Crippen LogP contribution in [0.25, 0.3) is 16.3 Å². The van der Waals surface area contributed by atoms with Crippen LogP contribution in [0.15, 0.2) is 95.4 Å². The van der Waals surface area contributed by atoms with Crippen molar-refractivity contribution >= 4 is 62.0 Å². The molecule has 27 heavy (non-hydrogen) atoms. The molecule has 0 saturated carbocycles. The molecule has 0 bridgehead atoms. The van der Waals surface area contributed by atoms with E-state index in [4.69, 9.17) is 12.2 Å². The van der Waals surface area contributed by atoms with E-state index in [9.17, 15) is 0 Å². The number of halogens is 1. The van der Waals surface area contributed by atoms with Gasteiger partial charge in [0.25, 0.3) is 0 Å². The lowest BCUT2D eigenvalue weighted by molar-refractivity contribution is 1.29. The van der Waals surface area contributed by atoms with E-state index in [1.807, 2.05) is 66.9 Å². The number of rotatable bonds is 5. The monoisotopic (exact) mass is 483 g/mol. The maximum absolute atomic E-state index is 5.27. The number of nitrogens with zero attached hydrogens (tertiary/aromatic N) is 1. The van der Waals surface area contributed by atoms with Gasteiger partial charge in [-0.1, -0.05) is 49.0 Å². The number of nitrogens with one attached hydrogen (secondary N) is 2. The summed E-state index contributed by atoms with van der Waals surface area (Å²) < 4.78 is 1.01. The van der Waals surface area contributed by atoms with Gasteiger partial charge < -0.3 is 10.6 Å². The van der Waals surface area contributed by atoms with Gasteiger partial charge in [0.05, 0.1) is 5.69 Å². The molecule has 0 radical (unpaired) electrons. The van der Waals surface area contributed by atoms with E-state index < -0.39 is 0 Å². The van der Waals surface area contributed by atoms with E-state index in [-0.39, 0.29) is 0 Å². The average molecular weight is 483 g/mol. The zero-order chi connectivity index (χ0) is 19.1. The Kier molecular flexibility index (Phi) is 6.73. The summed E-state index contributed by atoms with van der Waals surface area (Å²) >= 11 is 7.55. The predicted octanol–water partition coefficient (Wildman–Crippen LogP) is 6.07. The van der Waals surface area contributed by atoms with Crippen LogP contribution >= 0.6 is 34.8 Å². The lowest BCUT2D eigenvalue weighted by atomic mass is 10.1. The van der Waals surface area contributed by atoms with Crippen molar-refractivity contribution in [2.75, 3.05) is 5.32 Å². The van der Waals surface area contributed by atoms with Crippen LogP contribution in [-0.2, 0) is 0 Å². The standard InChI is InChI=1S/C22H18IN3S/c1-16(21-19-11-6-5-8-17(19)13-15-24-21)20(23)12-7-14-25-22(27)26-18-9-3-2-4-10-18/h2-15H,1H2,(H2,25,26,27)/b14-7+,20-12+. The molecule has 0 aliphatic rings. The highest BCUT2D eigenvalue weighted by Crippen LogP contribution is 2.29. The van der Waals surface area contributed by atoms with E-state index in [1.54, 1.807) is 6.20 Å². The third-order valence-electron chi connectivity index (χ3n) is 3.83. The molecule has 0 fully saturated rings. The third kappa shape index (κ3) is 5.24. The Morgan fingerprint density at radius 1 is 1.04 bits per heavy atom. The lowest BCUT2D eigenvalue weighted by Gasteiger charge is -2.08. The number of benzene rings is 2. The van der Waals surface area contributed by atoms with Crippen LogP contribution in [-0.4, -0.2) is 10.1 Å². The van der Waals surface area contributed by atoms with Crippen LogP contribution in [0.2, 0.25) is 0 Å². The molecule has 3 nitrogen and oxygen atoms in total. The first kappa shape index (κ1) is 19.3. The molecule has 0 saturated heterocycles. The van der Waals surface area contributed by atoms with Crippen molar-refractivity contribution < 1.29 is 0 Å². The molecule has 1 heterocycles. The number of hydrogen-bond donors (Lipinski definition) is 2. The quantitative estimate of drug-likeness (QED) is 0.263. The van der Waals surface area contributed by atoms with E-state index in [0.717, 1.165) is 31.3 Å². The van der Waals surface area contributed by atoms with Crippen LogP contribution in [0.3, 0.4) is 0 Å². The fourth-order valence-corrected chi connectivity index (χ4v) is 3.17. The average Bonchev–Trinajstić information content (AvgIpc) is 2.71. The van der Waals surface area contributed by atoms with Crippen molar-refractivity contribution in [3.05, 3.63) is 101 Å². The van der Waals surface area contributed by atoms with Crippen molar-refractivity contribution in [3.63, 3.8) is 0 Å². The second-order valence-corrected chi connectivity index (χ2v) is 7.27. The molecule has 1 aromatic heterocycles. The van der Waals surface area contributed by atoms with Gasteiger partial charge >= 0.3 is 0 Å². The molecule has 0 spiro atoms. The molecule has 0 unspecified atom stereocenters. The zero-order valence-electron chi connectivity index (χ0n) is 14.5. The van der Waals surface area contributed by atoms with Crippen molar-refractivity contribution in [1.29, 1.82) is 0 Å². The first-order chi connectivity index (χ1) is 13.1. The second-order valence-electron chi connectivity index (χ2n) is 5.70. The number of hydrogen-bond acceptors (Lipinski definition) is 2. The Bertz CT molecular complexity index is 1020. The summed E-state index contributed by atoms with van der Waals surface area (Å²) in [6.45, 7) is 4.21. The molecule has 5 heteroatoms. The van der Waals surface area contributed by atoms with Crippen LogP contribution in [0, 0.1) is 0 Å². The summed E-state index contributed by atoms with van der Waals surface area (Å²) in [5, 5.41) is 8.95. The van der Waals surface area contributed by atoms with Crippen LogP contribution in [0.1, 0.15) is 5.69 Å². The van der Waals surface area contributed by atoms with Gasteiger partial charge in [-0.15, -0.1) is 0 Å². The van der Waals surface area contributed by atoms with Gasteiger partial charge in [0.1, 0.15) is 0 Å². The molecule has 2 aromatic carbocycles. The van der Waals surface area contributed by atoms with E-state index >= 15 is 0 Å². The number of thiocarbonyl (C=S) groups is 1. The van der Waals surface area contributed by atoms with Crippen LogP contribution in [0.5, 0.6) is 0 Å². The van der Waals surface area contributed by atoms with Gasteiger partial charge in [-0.2, -0.15) is 0 Å². The Hall–Kier alpha value is -2.51. The van der Waals surface area contributed by atoms with Crippen molar-refractivity contribution in [3.8, 4) is 0 Å². The summed E-state index contributed by atoms with van der Waals surface area (Å²) in [5.74, 6) is 0. The highest BCUT2D eigenvalue weighted by Gasteiger charge is 2.07. The Balaban J connectivity index is 1.63. The lowest BCUT2D eigenvalue weighted by Crippen LogP contribution is -2.23. The van der Waals surface area contributed by atoms with Crippen molar-refractivity contribution in [2.24, 2.45) is 0 Å². The Labute approximate surface area is 178 Å². The third-order valence-corrected chi connectivity index (χ3v) is 5.06. The minimum atomic E-state index is 0.537. The SMILES string of the molecule is C=C(/C(I)=C\C=C\NC(=S)Nc1ccccc1)c1nccc2ccccc12. The highest BCUT2D eigenvalue weighted by molar-refractivity contribution is 14.1. The molecule has 0 aliphatic carbocycles. The molecule has 3 aromatic rings. The van der Waals surface area contributed by atoms with E-state index in [2.05, 4.69) is 56.9 Å². The van der Waals surface area contributed by atoms with Gasteiger partial charge in [-0.05, 0) is 70.5 Å². The van der Waals surface area contributed by atoms with Gasteiger partial charge in [0.2, 0.25) is 0 Å². The van der Waals surface area contributed by atoms with E-state index in [1.165, 1.54) is 0 Å². The predicted molar refractivity (Wildman–Crippen MR) is 128 cm³/mol. The zero-order valence-corrected chi connectivity index (χ0v) is 17.5. The maximum Gasteiger partial charge on any atom is 0.174 e. The van der Waals surface area contributed by atoms with Gasteiger partial charge in [-0.3, -0.25) is 4.98 Å². The van der Waals surface area contributed by atoms with E-state index in [0.29, 0.717) is 5.11 Å². The number of para-hydroxylation sites is 1. The minimum Gasteiger partial charge on any atom is -0.339 e. The number of allylic oxidation sites excluding steroid dienone is 4. The Morgan fingerprint density at radius 2 is 1.78 bits per heavy atom. The second kappa shape index (κ2) is 9.43.